The summed E-state index contributed by atoms with van der Waals surface area (Å²) < 4.78 is 9.90. The molecule has 1 aromatic carbocycles. The molecular weight excluding hydrogens is 228 g/mol. The van der Waals surface area contributed by atoms with Gasteiger partial charge in [-0.2, -0.15) is 0 Å². The normalized spacial score (nSPS) is 10.4. The molecule has 0 saturated heterocycles. The molecule has 86 valence electrons. The number of hydrogen-bond donors (Lipinski definition) is 0. The predicted octanol–water partition coefficient (Wildman–Crippen LogP) is 2.92. The number of carbonyl (C=O) groups excluding carboxylic acids is 1. The largest absolute Gasteiger partial charge is 0.496 e. The molecule has 0 amide bonds. The van der Waals surface area contributed by atoms with E-state index < -0.39 is 0 Å². The second kappa shape index (κ2) is 6.18. The molecule has 3 nitrogen and oxygen atoms in total. The molecule has 1 rings (SSSR count). The Morgan fingerprint density at radius 2 is 2.25 bits per heavy atom. The van der Waals surface area contributed by atoms with Gasteiger partial charge in [-0.15, -0.1) is 0 Å². The lowest BCUT2D eigenvalue weighted by molar-refractivity contribution is -0.137. The lowest BCUT2D eigenvalue weighted by Crippen LogP contribution is -1.98. The maximum absolute atomic E-state index is 11.1. The molecule has 1 aromatic rings. The van der Waals surface area contributed by atoms with Gasteiger partial charge in [0.1, 0.15) is 5.75 Å². The van der Waals surface area contributed by atoms with Crippen molar-refractivity contribution in [2.24, 2.45) is 0 Å². The summed E-state index contributed by atoms with van der Waals surface area (Å²) in [4.78, 5) is 11.1. The maximum Gasteiger partial charge on any atom is 0.330 e. The summed E-state index contributed by atoms with van der Waals surface area (Å²) in [7, 11) is 1.55. The minimum Gasteiger partial charge on any atom is -0.496 e. The monoisotopic (exact) mass is 240 g/mol. The predicted molar refractivity (Wildman–Crippen MR) is 63.7 cm³/mol. The van der Waals surface area contributed by atoms with Crippen LogP contribution in [0.4, 0.5) is 0 Å². The summed E-state index contributed by atoms with van der Waals surface area (Å²) in [6, 6.07) is 5.19. The minimum absolute atomic E-state index is 0.362. The Labute approximate surface area is 99.6 Å². The molecule has 0 fully saturated rings. The second-order valence-electron chi connectivity index (χ2n) is 2.97. The molecule has 16 heavy (non-hydrogen) atoms. The molecule has 0 saturated carbocycles. The van der Waals surface area contributed by atoms with Gasteiger partial charge in [0, 0.05) is 16.7 Å². The van der Waals surface area contributed by atoms with Crippen molar-refractivity contribution in [3.8, 4) is 5.75 Å². The SMILES string of the molecule is CCOC(=O)C=Cc1ccc(Cl)cc1OC. The highest BCUT2D eigenvalue weighted by atomic mass is 35.5. The minimum atomic E-state index is -0.375. The fourth-order valence-electron chi connectivity index (χ4n) is 1.17. The molecule has 0 aromatic heterocycles. The van der Waals surface area contributed by atoms with Crippen LogP contribution < -0.4 is 4.74 Å². The van der Waals surface area contributed by atoms with E-state index >= 15 is 0 Å². The Balaban J connectivity index is 2.84. The molecule has 0 radical (unpaired) electrons. The molecule has 0 bridgehead atoms. The van der Waals surface area contributed by atoms with Gasteiger partial charge in [-0.1, -0.05) is 11.6 Å². The van der Waals surface area contributed by atoms with Gasteiger partial charge >= 0.3 is 5.97 Å². The highest BCUT2D eigenvalue weighted by molar-refractivity contribution is 6.30. The van der Waals surface area contributed by atoms with Crippen LogP contribution in [0, 0.1) is 0 Å². The van der Waals surface area contributed by atoms with Crippen molar-refractivity contribution in [1.82, 2.24) is 0 Å². The van der Waals surface area contributed by atoms with Crippen molar-refractivity contribution >= 4 is 23.6 Å². The van der Waals surface area contributed by atoms with Crippen LogP contribution in [-0.4, -0.2) is 19.7 Å². The molecule has 0 spiro atoms. The second-order valence-corrected chi connectivity index (χ2v) is 3.41. The van der Waals surface area contributed by atoms with Crippen LogP contribution in [0.2, 0.25) is 5.02 Å². The van der Waals surface area contributed by atoms with E-state index in [-0.39, 0.29) is 5.97 Å². The number of methoxy groups -OCH3 is 1. The number of halogens is 1. The molecule has 0 N–H and O–H groups in total. The summed E-state index contributed by atoms with van der Waals surface area (Å²) in [6.07, 6.45) is 2.99. The van der Waals surface area contributed by atoms with Crippen molar-refractivity contribution in [3.63, 3.8) is 0 Å². The Bertz CT molecular complexity index is 399. The Hall–Kier alpha value is -1.48. The summed E-state index contributed by atoms with van der Waals surface area (Å²) >= 11 is 5.81. The Morgan fingerprint density at radius 1 is 1.50 bits per heavy atom. The van der Waals surface area contributed by atoms with E-state index in [1.54, 1.807) is 38.3 Å². The lowest BCUT2D eigenvalue weighted by atomic mass is 10.2. The van der Waals surface area contributed by atoms with Gasteiger partial charge < -0.3 is 9.47 Å². The molecule has 0 heterocycles. The molecule has 0 aliphatic carbocycles. The molecular formula is C12H13ClO3. The van der Waals surface area contributed by atoms with Gasteiger partial charge in [0.05, 0.1) is 13.7 Å². The van der Waals surface area contributed by atoms with E-state index in [0.29, 0.717) is 17.4 Å². The first-order valence-corrected chi connectivity index (χ1v) is 5.23. The zero-order chi connectivity index (χ0) is 12.0. The smallest absolute Gasteiger partial charge is 0.330 e. The van der Waals surface area contributed by atoms with Crippen LogP contribution in [0.3, 0.4) is 0 Å². The molecule has 0 unspecified atom stereocenters. The third-order valence-corrected chi connectivity index (χ3v) is 2.12. The van der Waals surface area contributed by atoms with Crippen LogP contribution in [0.15, 0.2) is 24.3 Å². The third-order valence-electron chi connectivity index (χ3n) is 1.88. The van der Waals surface area contributed by atoms with Gasteiger partial charge in [-0.05, 0) is 31.2 Å². The average Bonchev–Trinajstić information content (AvgIpc) is 2.27. The fourth-order valence-corrected chi connectivity index (χ4v) is 1.33. The van der Waals surface area contributed by atoms with Crippen molar-refractivity contribution in [1.29, 1.82) is 0 Å². The first-order valence-electron chi connectivity index (χ1n) is 4.85. The van der Waals surface area contributed by atoms with E-state index in [2.05, 4.69) is 0 Å². The van der Waals surface area contributed by atoms with Gasteiger partial charge in [0.15, 0.2) is 0 Å². The zero-order valence-electron chi connectivity index (χ0n) is 9.20. The molecule has 0 atom stereocenters. The topological polar surface area (TPSA) is 35.5 Å². The van der Waals surface area contributed by atoms with Crippen LogP contribution >= 0.6 is 11.6 Å². The molecule has 0 aliphatic heterocycles. The first-order chi connectivity index (χ1) is 7.67. The summed E-state index contributed by atoms with van der Waals surface area (Å²) in [5, 5.41) is 0.588. The Morgan fingerprint density at radius 3 is 2.88 bits per heavy atom. The fraction of sp³-hybridized carbons (Fsp3) is 0.250. The van der Waals surface area contributed by atoms with Crippen molar-refractivity contribution < 1.29 is 14.3 Å². The number of rotatable bonds is 4. The highest BCUT2D eigenvalue weighted by Gasteiger charge is 2.01. The summed E-state index contributed by atoms with van der Waals surface area (Å²) in [5.74, 6) is 0.243. The van der Waals surface area contributed by atoms with Crippen LogP contribution in [-0.2, 0) is 9.53 Å². The van der Waals surface area contributed by atoms with Crippen LogP contribution in [0.5, 0.6) is 5.75 Å². The quantitative estimate of drug-likeness (QED) is 0.600. The third kappa shape index (κ3) is 3.59. The van der Waals surface area contributed by atoms with Crippen molar-refractivity contribution in [2.45, 2.75) is 6.92 Å². The van der Waals surface area contributed by atoms with Crippen molar-refractivity contribution in [2.75, 3.05) is 13.7 Å². The molecule has 4 heteroatoms. The van der Waals surface area contributed by atoms with Crippen molar-refractivity contribution in [3.05, 3.63) is 34.9 Å². The standard InChI is InChI=1S/C12H13ClO3/c1-3-16-12(14)7-5-9-4-6-10(13)8-11(9)15-2/h4-8H,3H2,1-2H3. The zero-order valence-corrected chi connectivity index (χ0v) is 9.95. The van der Waals surface area contributed by atoms with E-state index in [9.17, 15) is 4.79 Å². The van der Waals surface area contributed by atoms with Crippen LogP contribution in [0.25, 0.3) is 6.08 Å². The first kappa shape index (κ1) is 12.6. The van der Waals surface area contributed by atoms with Gasteiger partial charge in [-0.3, -0.25) is 0 Å². The van der Waals surface area contributed by atoms with Gasteiger partial charge in [-0.25, -0.2) is 4.79 Å². The maximum atomic E-state index is 11.1. The number of esters is 1. The summed E-state index contributed by atoms with van der Waals surface area (Å²) in [6.45, 7) is 2.12. The summed E-state index contributed by atoms with van der Waals surface area (Å²) in [5.41, 5.74) is 0.778. The lowest BCUT2D eigenvalue weighted by Gasteiger charge is -2.04. The average molecular weight is 241 g/mol. The number of benzene rings is 1. The van der Waals surface area contributed by atoms with E-state index in [0.717, 1.165) is 5.56 Å². The van der Waals surface area contributed by atoms with E-state index in [1.807, 2.05) is 0 Å². The number of ether oxygens (including phenoxy) is 2. The number of hydrogen-bond acceptors (Lipinski definition) is 3. The van der Waals surface area contributed by atoms with Gasteiger partial charge in [0.25, 0.3) is 0 Å². The van der Waals surface area contributed by atoms with Crippen LogP contribution in [0.1, 0.15) is 12.5 Å². The number of carbonyl (C=O) groups is 1. The van der Waals surface area contributed by atoms with Gasteiger partial charge in [0.2, 0.25) is 0 Å². The highest BCUT2D eigenvalue weighted by Crippen LogP contribution is 2.24. The molecule has 0 aliphatic rings. The Kier molecular flexibility index (Phi) is 4.86. The van der Waals surface area contributed by atoms with E-state index in [4.69, 9.17) is 21.1 Å². The van der Waals surface area contributed by atoms with E-state index in [1.165, 1.54) is 6.08 Å².